The van der Waals surface area contributed by atoms with E-state index in [2.05, 4.69) is 26.0 Å². The summed E-state index contributed by atoms with van der Waals surface area (Å²) in [6.45, 7) is 1.75. The van der Waals surface area contributed by atoms with Crippen LogP contribution in [0.4, 0.5) is 5.82 Å². The third-order valence-corrected chi connectivity index (χ3v) is 3.99. The number of nitrogens with one attached hydrogen (secondary N) is 1. The Morgan fingerprint density at radius 1 is 1.43 bits per heavy atom. The van der Waals surface area contributed by atoms with Crippen LogP contribution in [-0.4, -0.2) is 37.0 Å². The predicted molar refractivity (Wildman–Crippen MR) is 84.8 cm³/mol. The van der Waals surface area contributed by atoms with E-state index in [4.69, 9.17) is 16.1 Å². The van der Waals surface area contributed by atoms with Gasteiger partial charge in [-0.25, -0.2) is 0 Å². The van der Waals surface area contributed by atoms with Crippen LogP contribution in [0.5, 0.6) is 0 Å². The highest BCUT2D eigenvalue weighted by Crippen LogP contribution is 2.23. The van der Waals surface area contributed by atoms with Gasteiger partial charge in [-0.15, -0.1) is 5.10 Å². The molecule has 0 aliphatic carbocycles. The third-order valence-electron chi connectivity index (χ3n) is 2.75. The molecule has 2 heterocycles. The van der Waals surface area contributed by atoms with Gasteiger partial charge in [-0.1, -0.05) is 40.7 Å². The minimum atomic E-state index is -0.239. The Labute approximate surface area is 140 Å². The zero-order valence-corrected chi connectivity index (χ0v) is 13.5. The summed E-state index contributed by atoms with van der Waals surface area (Å²) >= 11 is 7.33. The van der Waals surface area contributed by atoms with Gasteiger partial charge in [0.05, 0.1) is 16.5 Å². The van der Waals surface area contributed by atoms with Crippen molar-refractivity contribution in [1.29, 1.82) is 0 Å². The van der Waals surface area contributed by atoms with Crippen LogP contribution in [0, 0.1) is 6.92 Å². The summed E-state index contributed by atoms with van der Waals surface area (Å²) in [7, 11) is 0. The fourth-order valence-electron chi connectivity index (χ4n) is 1.78. The average Bonchev–Trinajstić information content (AvgIpc) is 3.15. The fourth-order valence-corrected chi connectivity index (χ4v) is 2.68. The molecule has 1 N–H and O–H groups in total. The maximum absolute atomic E-state index is 11.9. The number of para-hydroxylation sites is 1. The summed E-state index contributed by atoms with van der Waals surface area (Å²) < 4.78 is 6.37. The van der Waals surface area contributed by atoms with Crippen molar-refractivity contribution in [2.45, 2.75) is 12.1 Å². The van der Waals surface area contributed by atoms with Crippen molar-refractivity contribution in [2.75, 3.05) is 11.1 Å². The molecule has 3 aromatic rings. The van der Waals surface area contributed by atoms with Gasteiger partial charge in [-0.2, -0.15) is 4.68 Å². The maximum atomic E-state index is 11.9. The summed E-state index contributed by atoms with van der Waals surface area (Å²) in [6.07, 6.45) is 0. The Balaban J connectivity index is 1.66. The van der Waals surface area contributed by atoms with Crippen molar-refractivity contribution < 1.29 is 9.32 Å². The molecular weight excluding hydrogens is 340 g/mol. The van der Waals surface area contributed by atoms with Crippen molar-refractivity contribution in [3.8, 4) is 5.69 Å². The number of thioether (sulfide) groups is 1. The highest BCUT2D eigenvalue weighted by molar-refractivity contribution is 7.99. The highest BCUT2D eigenvalue weighted by atomic mass is 35.5. The normalized spacial score (nSPS) is 10.7. The van der Waals surface area contributed by atoms with Crippen molar-refractivity contribution >= 4 is 35.1 Å². The molecule has 10 heteroatoms. The van der Waals surface area contributed by atoms with Crippen molar-refractivity contribution in [3.63, 3.8) is 0 Å². The summed E-state index contributed by atoms with van der Waals surface area (Å²) in [4.78, 5) is 11.9. The molecule has 8 nitrogen and oxygen atoms in total. The van der Waals surface area contributed by atoms with Gasteiger partial charge in [0.1, 0.15) is 5.76 Å². The van der Waals surface area contributed by atoms with Gasteiger partial charge in [0, 0.05) is 6.07 Å². The Morgan fingerprint density at radius 2 is 2.26 bits per heavy atom. The first-order valence-corrected chi connectivity index (χ1v) is 7.89. The van der Waals surface area contributed by atoms with Gasteiger partial charge in [-0.05, 0) is 29.5 Å². The predicted octanol–water partition coefficient (Wildman–Crippen LogP) is 2.34. The molecule has 0 fully saturated rings. The Morgan fingerprint density at radius 3 is 3.00 bits per heavy atom. The number of amides is 1. The van der Waals surface area contributed by atoms with Crippen LogP contribution < -0.4 is 5.32 Å². The second-order valence-corrected chi connectivity index (χ2v) is 5.83. The summed E-state index contributed by atoms with van der Waals surface area (Å²) in [5.41, 5.74) is 0.647. The molecule has 0 atom stereocenters. The lowest BCUT2D eigenvalue weighted by atomic mass is 10.3. The van der Waals surface area contributed by atoms with Gasteiger partial charge in [-0.3, -0.25) is 4.79 Å². The van der Waals surface area contributed by atoms with Gasteiger partial charge >= 0.3 is 0 Å². The minimum absolute atomic E-state index is 0.122. The Bertz CT molecular complexity index is 833. The topological polar surface area (TPSA) is 98.7 Å². The molecule has 0 aliphatic heterocycles. The van der Waals surface area contributed by atoms with Crippen LogP contribution in [0.3, 0.4) is 0 Å². The van der Waals surface area contributed by atoms with Crippen LogP contribution in [-0.2, 0) is 4.79 Å². The number of rotatable bonds is 5. The van der Waals surface area contributed by atoms with Gasteiger partial charge < -0.3 is 9.84 Å². The number of carbonyl (C=O) groups is 1. The van der Waals surface area contributed by atoms with Crippen molar-refractivity contribution in [2.24, 2.45) is 0 Å². The quantitative estimate of drug-likeness (QED) is 0.705. The van der Waals surface area contributed by atoms with E-state index in [-0.39, 0.29) is 11.7 Å². The number of anilines is 1. The van der Waals surface area contributed by atoms with Crippen LogP contribution in [0.15, 0.2) is 40.0 Å². The summed E-state index contributed by atoms with van der Waals surface area (Å²) in [5.74, 6) is 0.878. The van der Waals surface area contributed by atoms with E-state index < -0.39 is 0 Å². The molecule has 0 spiro atoms. The number of aromatic nitrogens is 5. The molecule has 0 bridgehead atoms. The summed E-state index contributed by atoms with van der Waals surface area (Å²) in [6, 6.07) is 8.82. The lowest BCUT2D eigenvalue weighted by Crippen LogP contribution is -2.14. The van der Waals surface area contributed by atoms with E-state index in [0.717, 1.165) is 0 Å². The molecule has 2 aromatic heterocycles. The first-order valence-electron chi connectivity index (χ1n) is 6.53. The van der Waals surface area contributed by atoms with Gasteiger partial charge in [0.15, 0.2) is 5.82 Å². The van der Waals surface area contributed by atoms with E-state index in [1.807, 2.05) is 12.1 Å². The number of benzene rings is 1. The molecular formula is C13H11ClN6O2S. The molecule has 0 radical (unpaired) electrons. The van der Waals surface area contributed by atoms with Crippen LogP contribution >= 0.6 is 23.4 Å². The molecule has 3 rings (SSSR count). The molecule has 0 aliphatic rings. The van der Waals surface area contributed by atoms with Crippen LogP contribution in [0.25, 0.3) is 5.69 Å². The molecule has 0 saturated heterocycles. The molecule has 0 unspecified atom stereocenters. The molecule has 1 aromatic carbocycles. The number of nitrogens with zero attached hydrogens (tertiary/aromatic N) is 5. The largest absolute Gasteiger partial charge is 0.360 e. The monoisotopic (exact) mass is 350 g/mol. The second-order valence-electron chi connectivity index (χ2n) is 4.48. The average molecular weight is 351 g/mol. The third kappa shape index (κ3) is 3.69. The number of hydrogen-bond acceptors (Lipinski definition) is 7. The molecule has 118 valence electrons. The number of hydrogen-bond donors (Lipinski definition) is 1. The first-order chi connectivity index (χ1) is 11.1. The van der Waals surface area contributed by atoms with Crippen LogP contribution in [0.2, 0.25) is 5.02 Å². The van der Waals surface area contributed by atoms with E-state index >= 15 is 0 Å². The maximum Gasteiger partial charge on any atom is 0.236 e. The Kier molecular flexibility index (Phi) is 4.58. The van der Waals surface area contributed by atoms with Crippen molar-refractivity contribution in [1.82, 2.24) is 25.4 Å². The molecule has 23 heavy (non-hydrogen) atoms. The number of aryl methyl sites for hydroxylation is 1. The van der Waals surface area contributed by atoms with E-state index in [9.17, 15) is 4.79 Å². The Hall–Kier alpha value is -2.39. The van der Waals surface area contributed by atoms with Gasteiger partial charge in [0.25, 0.3) is 0 Å². The molecule has 0 saturated carbocycles. The summed E-state index contributed by atoms with van der Waals surface area (Å²) in [5, 5.41) is 18.7. The van der Waals surface area contributed by atoms with E-state index in [1.54, 1.807) is 25.1 Å². The van der Waals surface area contributed by atoms with E-state index in [1.165, 1.54) is 16.4 Å². The second kappa shape index (κ2) is 6.80. The van der Waals surface area contributed by atoms with E-state index in [0.29, 0.717) is 27.4 Å². The zero-order valence-electron chi connectivity index (χ0n) is 11.9. The number of tetrazole rings is 1. The standard InChI is InChI=1S/C13H11ClN6O2S/c1-8-6-11(17-22-8)15-12(21)7-23-13-16-18-19-20(13)10-5-3-2-4-9(10)14/h2-6H,7H2,1H3,(H,15,17,21). The molecule has 1 amide bonds. The number of carbonyl (C=O) groups excluding carboxylic acids is 1. The van der Waals surface area contributed by atoms with Gasteiger partial charge in [0.2, 0.25) is 11.1 Å². The smallest absolute Gasteiger partial charge is 0.236 e. The number of halogens is 1. The van der Waals surface area contributed by atoms with Crippen LogP contribution in [0.1, 0.15) is 5.76 Å². The lowest BCUT2D eigenvalue weighted by molar-refractivity contribution is -0.113. The highest BCUT2D eigenvalue weighted by Gasteiger charge is 2.14. The minimum Gasteiger partial charge on any atom is -0.360 e. The first kappa shape index (κ1) is 15.5. The van der Waals surface area contributed by atoms with Crippen molar-refractivity contribution in [3.05, 3.63) is 41.1 Å². The SMILES string of the molecule is Cc1cc(NC(=O)CSc2nnnn2-c2ccccc2Cl)no1. The fraction of sp³-hybridized carbons (Fsp3) is 0.154. The zero-order chi connectivity index (χ0) is 16.2. The lowest BCUT2D eigenvalue weighted by Gasteiger charge is -2.05.